The Balaban J connectivity index is 2.63. The van der Waals surface area contributed by atoms with Crippen LogP contribution in [-0.4, -0.2) is 18.2 Å². The number of nitrogens with one attached hydrogen (secondary N) is 1. The number of hydrogen-bond donors (Lipinski definition) is 1. The third kappa shape index (κ3) is 5.55. The summed E-state index contributed by atoms with van der Waals surface area (Å²) >= 11 is 3.13. The fraction of sp³-hybridized carbons (Fsp3) is 0.462. The second-order valence-electron chi connectivity index (χ2n) is 5.07. The highest BCUT2D eigenvalue weighted by molar-refractivity contribution is 9.10. The third-order valence-electron chi connectivity index (χ3n) is 2.10. The molecule has 0 aliphatic carbocycles. The smallest absolute Gasteiger partial charge is 0.407 e. The van der Waals surface area contributed by atoms with Crippen molar-refractivity contribution >= 4 is 22.0 Å². The molecule has 6 heteroatoms. The largest absolute Gasteiger partial charge is 0.444 e. The summed E-state index contributed by atoms with van der Waals surface area (Å²) in [6.07, 6.45) is -0.859. The number of halogens is 3. The molecule has 3 nitrogen and oxygen atoms in total. The fourth-order valence-electron chi connectivity index (χ4n) is 1.32. The minimum absolute atomic E-state index is 0.169. The Hall–Kier alpha value is -1.17. The lowest BCUT2D eigenvalue weighted by atomic mass is 10.1. The summed E-state index contributed by atoms with van der Waals surface area (Å²) in [4.78, 5) is 11.3. The number of benzene rings is 1. The van der Waals surface area contributed by atoms with Crippen molar-refractivity contribution in [2.45, 2.75) is 32.3 Å². The number of hydrogen-bond acceptors (Lipinski definition) is 2. The topological polar surface area (TPSA) is 38.3 Å². The average molecular weight is 336 g/mol. The molecule has 1 aromatic carbocycles. The fourth-order valence-corrected chi connectivity index (χ4v) is 1.71. The Morgan fingerprint density at radius 2 is 2.00 bits per heavy atom. The number of alkyl halides is 2. The summed E-state index contributed by atoms with van der Waals surface area (Å²) in [5, 5.41) is 2.07. The summed E-state index contributed by atoms with van der Waals surface area (Å²) in [6, 6.07) is 5.79. The molecule has 0 atom stereocenters. The number of rotatable bonds is 3. The standard InChI is InChI=1S/C13H16BrF2NO2/c1-12(2,3)19-11(18)17-8-13(15,16)9-5-4-6-10(14)7-9/h4-7H,8H2,1-3H3,(H,17,18). The molecule has 0 radical (unpaired) electrons. The molecule has 106 valence electrons. The quantitative estimate of drug-likeness (QED) is 0.904. The van der Waals surface area contributed by atoms with Crippen LogP contribution < -0.4 is 5.32 Å². The van der Waals surface area contributed by atoms with Gasteiger partial charge in [-0.1, -0.05) is 28.1 Å². The van der Waals surface area contributed by atoms with Crippen LogP contribution >= 0.6 is 15.9 Å². The molecule has 0 heterocycles. The van der Waals surface area contributed by atoms with Crippen LogP contribution in [0.1, 0.15) is 26.3 Å². The zero-order chi connectivity index (χ0) is 14.7. The maximum Gasteiger partial charge on any atom is 0.407 e. The second kappa shape index (κ2) is 5.86. The lowest BCUT2D eigenvalue weighted by Gasteiger charge is -2.22. The Kier molecular flexibility index (Phi) is 4.90. The van der Waals surface area contributed by atoms with Gasteiger partial charge in [0, 0.05) is 10.0 Å². The van der Waals surface area contributed by atoms with Gasteiger partial charge in [0.05, 0.1) is 6.54 Å². The molecule has 0 spiro atoms. The summed E-state index contributed by atoms with van der Waals surface area (Å²) in [6.45, 7) is 4.19. The van der Waals surface area contributed by atoms with Crippen LogP contribution in [0.25, 0.3) is 0 Å². The minimum atomic E-state index is -3.15. The van der Waals surface area contributed by atoms with Crippen molar-refractivity contribution in [1.82, 2.24) is 5.32 Å². The molecule has 1 aromatic rings. The van der Waals surface area contributed by atoms with E-state index in [2.05, 4.69) is 21.2 Å². The number of carbonyl (C=O) groups is 1. The lowest BCUT2D eigenvalue weighted by Crippen LogP contribution is -2.38. The van der Waals surface area contributed by atoms with Crippen LogP contribution in [0, 0.1) is 0 Å². The van der Waals surface area contributed by atoms with Gasteiger partial charge in [0.15, 0.2) is 0 Å². The third-order valence-corrected chi connectivity index (χ3v) is 2.59. The number of amides is 1. The van der Waals surface area contributed by atoms with Crippen molar-refractivity contribution in [2.75, 3.05) is 6.54 Å². The molecule has 0 aromatic heterocycles. The van der Waals surface area contributed by atoms with E-state index in [0.29, 0.717) is 4.47 Å². The van der Waals surface area contributed by atoms with Crippen molar-refractivity contribution in [3.05, 3.63) is 34.3 Å². The maximum absolute atomic E-state index is 13.8. The molecule has 19 heavy (non-hydrogen) atoms. The van der Waals surface area contributed by atoms with Crippen molar-refractivity contribution < 1.29 is 18.3 Å². The Morgan fingerprint density at radius 1 is 1.37 bits per heavy atom. The number of ether oxygens (including phenoxy) is 1. The van der Waals surface area contributed by atoms with E-state index in [0.717, 1.165) is 0 Å². The molecule has 1 N–H and O–H groups in total. The number of carbonyl (C=O) groups excluding carboxylic acids is 1. The number of alkyl carbamates (subject to hydrolysis) is 1. The van der Waals surface area contributed by atoms with E-state index in [1.807, 2.05) is 0 Å². The monoisotopic (exact) mass is 335 g/mol. The molecule has 0 aliphatic rings. The van der Waals surface area contributed by atoms with Gasteiger partial charge in [-0.15, -0.1) is 0 Å². The predicted octanol–water partition coefficient (Wildman–Crippen LogP) is 4.07. The van der Waals surface area contributed by atoms with Crippen LogP contribution in [0.5, 0.6) is 0 Å². The molecule has 0 saturated heterocycles. The zero-order valence-electron chi connectivity index (χ0n) is 11.0. The van der Waals surface area contributed by atoms with Gasteiger partial charge in [-0.25, -0.2) is 4.79 Å². The van der Waals surface area contributed by atoms with Gasteiger partial charge >= 0.3 is 6.09 Å². The first-order valence-electron chi connectivity index (χ1n) is 5.71. The Labute approximate surface area is 119 Å². The SMILES string of the molecule is CC(C)(C)OC(=O)NCC(F)(F)c1cccc(Br)c1. The van der Waals surface area contributed by atoms with Crippen LogP contribution in [0.4, 0.5) is 13.6 Å². The lowest BCUT2D eigenvalue weighted by molar-refractivity contribution is -0.00916. The first-order chi connectivity index (χ1) is 8.60. The van der Waals surface area contributed by atoms with Crippen molar-refractivity contribution in [2.24, 2.45) is 0 Å². The van der Waals surface area contributed by atoms with Crippen LogP contribution in [0.2, 0.25) is 0 Å². The van der Waals surface area contributed by atoms with Crippen molar-refractivity contribution in [1.29, 1.82) is 0 Å². The second-order valence-corrected chi connectivity index (χ2v) is 5.99. The van der Waals surface area contributed by atoms with Crippen LogP contribution in [-0.2, 0) is 10.7 Å². The average Bonchev–Trinajstić information content (AvgIpc) is 2.24. The summed E-state index contributed by atoms with van der Waals surface area (Å²) in [5.41, 5.74) is -0.882. The first kappa shape index (κ1) is 15.9. The van der Waals surface area contributed by atoms with E-state index in [9.17, 15) is 13.6 Å². The molecule has 0 fully saturated rings. The highest BCUT2D eigenvalue weighted by atomic mass is 79.9. The van der Waals surface area contributed by atoms with Crippen LogP contribution in [0.3, 0.4) is 0 Å². The Morgan fingerprint density at radius 3 is 2.53 bits per heavy atom. The summed E-state index contributed by atoms with van der Waals surface area (Å²) in [7, 11) is 0. The van der Waals surface area contributed by atoms with Gasteiger partial charge in [0.25, 0.3) is 5.92 Å². The van der Waals surface area contributed by atoms with Gasteiger partial charge in [-0.3, -0.25) is 0 Å². The predicted molar refractivity (Wildman–Crippen MR) is 72.3 cm³/mol. The molecule has 0 aliphatic heterocycles. The zero-order valence-corrected chi connectivity index (χ0v) is 12.6. The molecule has 1 rings (SSSR count). The normalized spacial score (nSPS) is 12.1. The molecule has 0 bridgehead atoms. The van der Waals surface area contributed by atoms with E-state index in [1.165, 1.54) is 18.2 Å². The van der Waals surface area contributed by atoms with Gasteiger partial charge in [-0.05, 0) is 32.9 Å². The minimum Gasteiger partial charge on any atom is -0.444 e. The maximum atomic E-state index is 13.8. The van der Waals surface area contributed by atoms with Crippen molar-refractivity contribution in [3.8, 4) is 0 Å². The highest BCUT2D eigenvalue weighted by Crippen LogP contribution is 2.29. The van der Waals surface area contributed by atoms with Crippen molar-refractivity contribution in [3.63, 3.8) is 0 Å². The molecule has 0 unspecified atom stereocenters. The van der Waals surface area contributed by atoms with Gasteiger partial charge in [0.2, 0.25) is 0 Å². The van der Waals surface area contributed by atoms with Gasteiger partial charge in [-0.2, -0.15) is 8.78 Å². The van der Waals surface area contributed by atoms with E-state index in [4.69, 9.17) is 4.74 Å². The van der Waals surface area contributed by atoms with E-state index >= 15 is 0 Å². The molecule has 0 saturated carbocycles. The Bertz CT molecular complexity index is 458. The van der Waals surface area contributed by atoms with E-state index in [-0.39, 0.29) is 5.56 Å². The van der Waals surface area contributed by atoms with Gasteiger partial charge < -0.3 is 10.1 Å². The van der Waals surface area contributed by atoms with Crippen LogP contribution in [0.15, 0.2) is 28.7 Å². The summed E-state index contributed by atoms with van der Waals surface area (Å²) in [5.74, 6) is -3.15. The van der Waals surface area contributed by atoms with E-state index in [1.54, 1.807) is 26.8 Å². The first-order valence-corrected chi connectivity index (χ1v) is 6.50. The molecular weight excluding hydrogens is 320 g/mol. The summed E-state index contributed by atoms with van der Waals surface area (Å²) < 4.78 is 33.1. The van der Waals surface area contributed by atoms with Gasteiger partial charge in [0.1, 0.15) is 5.60 Å². The molecule has 1 amide bonds. The molecular formula is C13H16BrF2NO2. The highest BCUT2D eigenvalue weighted by Gasteiger charge is 2.32. The van der Waals surface area contributed by atoms with E-state index < -0.39 is 24.2 Å².